The lowest BCUT2D eigenvalue weighted by atomic mass is 9.61. The molecule has 3 aliphatic carbocycles. The van der Waals surface area contributed by atoms with Crippen molar-refractivity contribution in [1.82, 2.24) is 0 Å². The third kappa shape index (κ3) is 4.04. The molecule has 1 saturated carbocycles. The van der Waals surface area contributed by atoms with E-state index in [1.807, 2.05) is 11.8 Å². The minimum Gasteiger partial charge on any atom is -0.475 e. The van der Waals surface area contributed by atoms with Gasteiger partial charge in [-0.25, -0.2) is 0 Å². The van der Waals surface area contributed by atoms with Crippen molar-refractivity contribution < 1.29 is 9.84 Å². The maximum atomic E-state index is 11.6. The van der Waals surface area contributed by atoms with Crippen molar-refractivity contribution >= 4 is 11.8 Å². The molecule has 0 bridgehead atoms. The summed E-state index contributed by atoms with van der Waals surface area (Å²) in [4.78, 5) is 1.05. The minimum atomic E-state index is -0.381. The summed E-state index contributed by atoms with van der Waals surface area (Å²) in [6, 6.07) is 14.0. The van der Waals surface area contributed by atoms with Gasteiger partial charge in [0.05, 0.1) is 11.0 Å². The summed E-state index contributed by atoms with van der Waals surface area (Å²) >= 11 is 1.92. The van der Waals surface area contributed by atoms with Crippen LogP contribution < -0.4 is 4.74 Å². The predicted octanol–water partition coefficient (Wildman–Crippen LogP) is 9.14. The Kier molecular flexibility index (Phi) is 6.48. The van der Waals surface area contributed by atoms with E-state index in [-0.39, 0.29) is 16.5 Å². The van der Waals surface area contributed by atoms with E-state index in [9.17, 15) is 5.11 Å². The van der Waals surface area contributed by atoms with E-state index in [0.717, 1.165) is 30.6 Å². The number of aliphatic hydroxyl groups is 1. The van der Waals surface area contributed by atoms with Crippen LogP contribution in [-0.2, 0) is 5.41 Å². The van der Waals surface area contributed by atoms with E-state index in [1.54, 1.807) is 5.56 Å². The van der Waals surface area contributed by atoms with Gasteiger partial charge in [-0.15, -0.1) is 0 Å². The second kappa shape index (κ2) is 9.38. The Morgan fingerprint density at radius 2 is 1.56 bits per heavy atom. The van der Waals surface area contributed by atoms with Gasteiger partial charge in [-0.1, -0.05) is 95.8 Å². The summed E-state index contributed by atoms with van der Waals surface area (Å²) in [5.74, 6) is 3.08. The Bertz CT molecular complexity index is 1100. The number of ether oxygens (including phenoxy) is 1. The monoisotopic (exact) mass is 504 g/mol. The van der Waals surface area contributed by atoms with Gasteiger partial charge in [0.15, 0.2) is 4.93 Å². The molecule has 0 saturated heterocycles. The lowest BCUT2D eigenvalue weighted by Gasteiger charge is -2.44. The molecule has 2 nitrogen and oxygen atoms in total. The van der Waals surface area contributed by atoms with Gasteiger partial charge in [-0.2, -0.15) is 0 Å². The zero-order valence-electron chi connectivity index (χ0n) is 22.7. The largest absolute Gasteiger partial charge is 0.475 e. The van der Waals surface area contributed by atoms with Crippen molar-refractivity contribution in [2.45, 2.75) is 119 Å². The van der Waals surface area contributed by atoms with Crippen LogP contribution in [0.4, 0.5) is 0 Å². The fraction of sp³-hybridized carbons (Fsp3) is 0.636. The molecule has 0 amide bonds. The number of hydrogen-bond acceptors (Lipinski definition) is 3. The molecule has 3 unspecified atom stereocenters. The molecule has 0 radical (unpaired) electrons. The number of fused-ring (bicyclic) bond motifs is 8. The number of hydrogen-bond donors (Lipinski definition) is 1. The van der Waals surface area contributed by atoms with Crippen LogP contribution in [0.15, 0.2) is 41.3 Å². The van der Waals surface area contributed by atoms with Crippen LogP contribution in [0, 0.1) is 17.8 Å². The second-order valence-electron chi connectivity index (χ2n) is 13.1. The Labute approximate surface area is 222 Å². The number of benzene rings is 2. The van der Waals surface area contributed by atoms with Crippen LogP contribution in [0.25, 0.3) is 0 Å². The van der Waals surface area contributed by atoms with E-state index >= 15 is 0 Å². The van der Waals surface area contributed by atoms with E-state index in [4.69, 9.17) is 4.74 Å². The number of thioether (sulfide) groups is 1. The molecule has 1 spiro atoms. The summed E-state index contributed by atoms with van der Waals surface area (Å²) in [5, 5.41) is 11.6. The molecule has 6 rings (SSSR count). The first-order valence-corrected chi connectivity index (χ1v) is 15.5. The van der Waals surface area contributed by atoms with Gasteiger partial charge in [0.1, 0.15) is 5.75 Å². The molecule has 36 heavy (non-hydrogen) atoms. The highest BCUT2D eigenvalue weighted by Gasteiger charge is 2.55. The molecule has 194 valence electrons. The van der Waals surface area contributed by atoms with Crippen molar-refractivity contribution in [1.29, 1.82) is 0 Å². The first kappa shape index (κ1) is 24.9. The summed E-state index contributed by atoms with van der Waals surface area (Å²) < 4.78 is 6.91. The quantitative estimate of drug-likeness (QED) is 0.450. The third-order valence-electron chi connectivity index (χ3n) is 9.54. The highest BCUT2D eigenvalue weighted by Crippen LogP contribution is 2.64. The molecule has 1 heterocycles. The Morgan fingerprint density at radius 1 is 0.889 bits per heavy atom. The van der Waals surface area contributed by atoms with Gasteiger partial charge in [-0.3, -0.25) is 0 Å². The van der Waals surface area contributed by atoms with Gasteiger partial charge >= 0.3 is 0 Å². The fourth-order valence-electron chi connectivity index (χ4n) is 8.47. The summed E-state index contributed by atoms with van der Waals surface area (Å²) in [6.07, 6.45) is 11.9. The van der Waals surface area contributed by atoms with Crippen molar-refractivity contribution in [3.63, 3.8) is 0 Å². The van der Waals surface area contributed by atoms with E-state index in [1.165, 1.54) is 61.0 Å². The molecule has 3 heteroatoms. The summed E-state index contributed by atoms with van der Waals surface area (Å²) in [5.41, 5.74) is 5.83. The summed E-state index contributed by atoms with van der Waals surface area (Å²) in [6.45, 7) is 9.22. The molecule has 2 aromatic rings. The minimum absolute atomic E-state index is 0.187. The third-order valence-corrected chi connectivity index (χ3v) is 10.9. The van der Waals surface area contributed by atoms with Crippen LogP contribution in [0.1, 0.15) is 126 Å². The lowest BCUT2D eigenvalue weighted by Crippen LogP contribution is -2.37. The van der Waals surface area contributed by atoms with Gasteiger partial charge in [0.2, 0.25) is 0 Å². The Hall–Kier alpha value is -1.45. The van der Waals surface area contributed by atoms with Gasteiger partial charge in [0.25, 0.3) is 0 Å². The van der Waals surface area contributed by atoms with Gasteiger partial charge in [0, 0.05) is 5.92 Å². The lowest BCUT2D eigenvalue weighted by molar-refractivity contribution is 0.0867. The zero-order valence-corrected chi connectivity index (χ0v) is 23.5. The normalized spacial score (nSPS) is 27.7. The van der Waals surface area contributed by atoms with Gasteiger partial charge in [-0.05, 0) is 89.7 Å². The maximum absolute atomic E-state index is 11.6. The molecular formula is C33H44O2S. The smallest absolute Gasteiger partial charge is 0.159 e. The molecule has 1 aliphatic heterocycles. The molecule has 3 atom stereocenters. The van der Waals surface area contributed by atoms with Crippen LogP contribution in [-0.4, -0.2) is 10.0 Å². The molecule has 1 N–H and O–H groups in total. The van der Waals surface area contributed by atoms with Crippen molar-refractivity contribution in [3.8, 4) is 5.75 Å². The Morgan fingerprint density at radius 3 is 2.25 bits per heavy atom. The van der Waals surface area contributed by atoms with Crippen LogP contribution in [0.2, 0.25) is 0 Å². The second-order valence-corrected chi connectivity index (χ2v) is 14.5. The zero-order chi connectivity index (χ0) is 25.1. The van der Waals surface area contributed by atoms with Crippen LogP contribution in [0.5, 0.6) is 5.75 Å². The van der Waals surface area contributed by atoms with Crippen molar-refractivity contribution in [2.24, 2.45) is 17.8 Å². The van der Waals surface area contributed by atoms with Gasteiger partial charge < -0.3 is 9.84 Å². The van der Waals surface area contributed by atoms with Crippen molar-refractivity contribution in [3.05, 3.63) is 58.7 Å². The average Bonchev–Trinajstić information content (AvgIpc) is 3.26. The average molecular weight is 505 g/mol. The van der Waals surface area contributed by atoms with Crippen LogP contribution >= 0.6 is 11.8 Å². The first-order chi connectivity index (χ1) is 17.3. The SMILES string of the molecule is CC(C)CC1(CC(C)C)Oc2cc3c(cc2S1)C(O)CC1C3c2ccccc2C12CCCCCCC2. The number of aliphatic hydroxyl groups excluding tert-OH is 1. The molecule has 4 aliphatic rings. The molecule has 1 fully saturated rings. The maximum Gasteiger partial charge on any atom is 0.159 e. The first-order valence-electron chi connectivity index (χ1n) is 14.7. The predicted molar refractivity (Wildman–Crippen MR) is 150 cm³/mol. The molecule has 2 aromatic carbocycles. The van der Waals surface area contributed by atoms with E-state index < -0.39 is 0 Å². The van der Waals surface area contributed by atoms with Crippen LogP contribution in [0.3, 0.4) is 0 Å². The van der Waals surface area contributed by atoms with Crippen molar-refractivity contribution in [2.75, 3.05) is 0 Å². The highest BCUT2D eigenvalue weighted by atomic mass is 32.2. The highest BCUT2D eigenvalue weighted by molar-refractivity contribution is 8.00. The van der Waals surface area contributed by atoms with E-state index in [0.29, 0.717) is 23.7 Å². The Balaban J connectivity index is 1.44. The standard InChI is InChI=1S/C33H44O2S/c1-21(2)19-33(20-22(3)4)35-29-16-25-24(17-30(29)36-33)28(34)18-27-31(25)23-12-8-9-13-26(23)32(27)14-10-6-5-7-11-15-32/h8-9,12-13,16-17,21-22,27-28,31,34H,5-7,10-11,14-15,18-20H2,1-4H3. The number of rotatable bonds is 4. The summed E-state index contributed by atoms with van der Waals surface area (Å²) in [7, 11) is 0. The molecule has 0 aromatic heterocycles. The fourth-order valence-corrected chi connectivity index (χ4v) is 10.2. The topological polar surface area (TPSA) is 29.5 Å². The molecular weight excluding hydrogens is 460 g/mol. The van der Waals surface area contributed by atoms with E-state index in [2.05, 4.69) is 64.1 Å².